The number of rotatable bonds is 39. The van der Waals surface area contributed by atoms with Crippen molar-refractivity contribution in [2.45, 2.75) is 120 Å². The van der Waals surface area contributed by atoms with Gasteiger partial charge in [0.15, 0.2) is 0 Å². The van der Waals surface area contributed by atoms with Crippen molar-refractivity contribution in [1.82, 2.24) is 92.0 Å². The molecule has 7 rings (SSSR count). The van der Waals surface area contributed by atoms with Crippen LogP contribution in [-0.4, -0.2) is 285 Å². The molecule has 2 aliphatic rings. The summed E-state index contributed by atoms with van der Waals surface area (Å²) < 4.78 is 0. The monoisotopic (exact) mass is 1450 g/mol. The van der Waals surface area contributed by atoms with Gasteiger partial charge in [0.25, 0.3) is 0 Å². The number of benzene rings is 2. The Morgan fingerprint density at radius 1 is 0.442 bits per heavy atom. The lowest BCUT2D eigenvalue weighted by atomic mass is 9.81. The molecule has 8 amide bonds. The third kappa shape index (κ3) is 28.1. The zero-order valence-corrected chi connectivity index (χ0v) is 57.3. The number of aromatic nitrogens is 6. The maximum atomic E-state index is 15.0. The van der Waals surface area contributed by atoms with Crippen LogP contribution in [0.4, 0.5) is 4.79 Å². The van der Waals surface area contributed by atoms with Crippen molar-refractivity contribution in [3.05, 3.63) is 103 Å². The molecule has 1 saturated heterocycles. The summed E-state index contributed by atoms with van der Waals surface area (Å²) in [6.45, 7) is 1.10. The van der Waals surface area contributed by atoms with E-state index in [1.54, 1.807) is 14.7 Å². The molecule has 3 aromatic heterocycles. The van der Waals surface area contributed by atoms with Gasteiger partial charge in [-0.2, -0.15) is 0 Å². The summed E-state index contributed by atoms with van der Waals surface area (Å²) in [7, 11) is 0. The van der Waals surface area contributed by atoms with E-state index in [1.165, 1.54) is 37.6 Å². The van der Waals surface area contributed by atoms with Crippen LogP contribution < -0.4 is 42.5 Å². The molecule has 4 heterocycles. The number of carboxylic acid groups (broad SMARTS) is 6. The summed E-state index contributed by atoms with van der Waals surface area (Å²) in [6.07, 6.45) is 8.94. The fourth-order valence-electron chi connectivity index (χ4n) is 12.3. The van der Waals surface area contributed by atoms with Crippen LogP contribution in [-0.2, 0) is 83.2 Å². The Hall–Kier alpha value is -10.9. The highest BCUT2D eigenvalue weighted by Gasteiger charge is 2.36. The number of urea groups is 1. The molecule has 0 spiro atoms. The van der Waals surface area contributed by atoms with Gasteiger partial charge in [0.05, 0.1) is 62.2 Å². The van der Waals surface area contributed by atoms with E-state index in [1.807, 2.05) is 47.4 Å². The van der Waals surface area contributed by atoms with Crippen molar-refractivity contribution in [2.75, 3.05) is 91.6 Å². The van der Waals surface area contributed by atoms with Gasteiger partial charge in [0, 0.05) is 122 Å². The number of imidazole rings is 3. The van der Waals surface area contributed by atoms with Crippen LogP contribution in [0.3, 0.4) is 0 Å². The quantitative estimate of drug-likeness (QED) is 0.0189. The van der Waals surface area contributed by atoms with Gasteiger partial charge in [0.1, 0.15) is 36.3 Å². The third-order valence-electron chi connectivity index (χ3n) is 17.9. The molecule has 0 unspecified atom stereocenters. The van der Waals surface area contributed by atoms with E-state index in [9.17, 15) is 87.9 Å². The van der Waals surface area contributed by atoms with Crippen LogP contribution in [0.15, 0.2) is 80.0 Å². The number of aromatic amines is 3. The van der Waals surface area contributed by atoms with Gasteiger partial charge >= 0.3 is 41.8 Å². The van der Waals surface area contributed by atoms with E-state index in [-0.39, 0.29) is 148 Å². The summed E-state index contributed by atoms with van der Waals surface area (Å²) in [5, 5.41) is 80.0. The maximum absolute atomic E-state index is 15.0. The molecule has 2 fully saturated rings. The number of H-pyrrole nitrogens is 3. The number of unbranched alkanes of at least 4 members (excludes halogenated alkanes) is 1. The number of fused-ring (bicyclic) bond motifs is 1. The highest BCUT2D eigenvalue weighted by molar-refractivity contribution is 5.96. The topological polar surface area (TPSA) is 539 Å². The Morgan fingerprint density at radius 2 is 0.875 bits per heavy atom. The Balaban J connectivity index is 0.996. The van der Waals surface area contributed by atoms with Crippen molar-refractivity contribution >= 4 is 88.1 Å². The fourth-order valence-corrected chi connectivity index (χ4v) is 12.3. The second kappa shape index (κ2) is 41.2. The van der Waals surface area contributed by atoms with Crippen molar-refractivity contribution in [3.8, 4) is 0 Å². The van der Waals surface area contributed by atoms with Crippen molar-refractivity contribution < 1.29 is 93.0 Å². The SMILES string of the molecule is O=C(O)CC[C@H](NC(=O)N[C@@H](CCCCNC(=O)[C@H](Cc1c[nH]cn1)NC(=O)[C@H](Cc1c[nH]cn1)NC(=O)[C@H](Cc1c[nH]cn1)NC(=O)[C@H](Cc1ccc2ccccc2c1)NC(=O)[C@H]1CC[C@H](CNC(=O)CN2CCN(CC(=O)O)CCN(CC(=O)O)CCN(CC(=O)O)CC2)CC1)C(=O)O)C(=O)O. The van der Waals surface area contributed by atoms with Crippen molar-refractivity contribution in [2.24, 2.45) is 11.8 Å². The maximum Gasteiger partial charge on any atom is 0.326 e. The minimum Gasteiger partial charge on any atom is -0.481 e. The van der Waals surface area contributed by atoms with Gasteiger partial charge in [-0.25, -0.2) is 29.3 Å². The summed E-state index contributed by atoms with van der Waals surface area (Å²) in [4.78, 5) is 197. The minimum absolute atomic E-state index is 0.0180. The first-order valence-electron chi connectivity index (χ1n) is 34.3. The first kappa shape index (κ1) is 80.4. The van der Waals surface area contributed by atoms with Gasteiger partial charge < -0.3 is 88.1 Å². The molecule has 17 N–H and O–H groups in total. The fraction of sp³-hybridized carbons (Fsp3) is 0.522. The molecule has 37 nitrogen and oxygen atoms in total. The number of nitrogens with one attached hydrogen (secondary N) is 11. The molecule has 564 valence electrons. The Labute approximate surface area is 596 Å². The lowest BCUT2D eigenvalue weighted by Crippen LogP contribution is -2.60. The largest absolute Gasteiger partial charge is 0.481 e. The van der Waals surface area contributed by atoms with Crippen LogP contribution >= 0.6 is 0 Å². The lowest BCUT2D eigenvalue weighted by Gasteiger charge is -2.33. The van der Waals surface area contributed by atoms with E-state index in [2.05, 4.69) is 72.4 Å². The molecule has 1 aliphatic carbocycles. The smallest absolute Gasteiger partial charge is 0.326 e. The van der Waals surface area contributed by atoms with Crippen molar-refractivity contribution in [3.63, 3.8) is 0 Å². The number of amides is 8. The highest BCUT2D eigenvalue weighted by atomic mass is 16.4. The van der Waals surface area contributed by atoms with Crippen LogP contribution in [0.25, 0.3) is 10.8 Å². The van der Waals surface area contributed by atoms with Crippen LogP contribution in [0.5, 0.6) is 0 Å². The average Bonchev–Trinajstić information content (AvgIpc) is 1.39. The number of hydrogen-bond donors (Lipinski definition) is 17. The number of carboxylic acids is 6. The number of carbonyl (C=O) groups is 13. The van der Waals surface area contributed by atoms with E-state index < -0.39 is 126 Å². The lowest BCUT2D eigenvalue weighted by molar-refractivity contribution is -0.141. The molecular formula is C67H92N18O19. The predicted molar refractivity (Wildman–Crippen MR) is 368 cm³/mol. The van der Waals surface area contributed by atoms with E-state index in [0.29, 0.717) is 48.3 Å². The molecule has 2 aromatic carbocycles. The second-order valence-electron chi connectivity index (χ2n) is 25.9. The molecule has 37 heteroatoms. The Bertz CT molecular complexity index is 3650. The Kier molecular flexibility index (Phi) is 31.9. The normalized spacial score (nSPS) is 17.5. The van der Waals surface area contributed by atoms with Gasteiger partial charge in [-0.05, 0) is 73.6 Å². The van der Waals surface area contributed by atoms with E-state index >= 15 is 0 Å². The van der Waals surface area contributed by atoms with Gasteiger partial charge in [-0.3, -0.25) is 67.5 Å². The summed E-state index contributed by atoms with van der Waals surface area (Å²) >= 11 is 0. The van der Waals surface area contributed by atoms with E-state index in [0.717, 1.165) is 10.8 Å². The molecule has 1 aliphatic heterocycles. The number of aliphatic carboxylic acids is 6. The van der Waals surface area contributed by atoms with Crippen molar-refractivity contribution in [1.29, 1.82) is 0 Å². The summed E-state index contributed by atoms with van der Waals surface area (Å²) in [5.74, 6) is -12.0. The molecule has 6 atom stereocenters. The summed E-state index contributed by atoms with van der Waals surface area (Å²) in [6, 6.07) is 3.45. The molecule has 5 aromatic rings. The molecule has 0 bridgehead atoms. The molecule has 104 heavy (non-hydrogen) atoms. The zero-order valence-electron chi connectivity index (χ0n) is 57.3. The first-order valence-corrected chi connectivity index (χ1v) is 34.3. The van der Waals surface area contributed by atoms with Gasteiger partial charge in [-0.1, -0.05) is 42.5 Å². The standard InChI is InChI=1S/C67H92N18O19/c86-55(34-82-17-19-83(35-57(89)90)21-23-85(37-59(93)94)24-22-84(20-18-82)36-58(91)92)72-30-41-8-12-44(13-9-41)60(95)76-51(26-42-10-11-43-5-1-2-6-45(43)25-42)62(97)78-54(29-48-33-70-40-75-48)64(99)79-53(28-47-32-69-39-74-47)63(98)77-52(27-46-31-68-38-73-46)61(96)71-16-4-3-7-49(65(100)101)80-67(104)81-50(66(102)103)14-15-56(87)88/h1-2,5-6,10-11,25,31-33,38-41,44,49-54H,3-4,7-9,12-24,26-30,34-37H2,(H,68,73)(H,69,74)(H,70,75)(H,71,96)(H,72,86)(H,76,95)(H,77,98)(H,78,97)(H,79,99)(H,87,88)(H,89,90)(H,91,92)(H,93,94)(H,100,101)(H,102,103)(H2,80,81,104)/t41-,44-,49-,50-,51-,52-,53-,54-/m0/s1. The third-order valence-corrected chi connectivity index (χ3v) is 17.9. The summed E-state index contributed by atoms with van der Waals surface area (Å²) in [5.41, 5.74) is 1.71. The number of carbonyl (C=O) groups excluding carboxylic acids is 7. The number of hydrogen-bond acceptors (Lipinski definition) is 20. The molecule has 1 saturated carbocycles. The van der Waals surface area contributed by atoms with E-state index in [4.69, 9.17) is 5.11 Å². The second-order valence-corrected chi connectivity index (χ2v) is 25.9. The first-order chi connectivity index (χ1) is 49.8. The Morgan fingerprint density at radius 3 is 1.31 bits per heavy atom. The van der Waals surface area contributed by atoms with Crippen LogP contribution in [0.1, 0.15) is 80.4 Å². The minimum atomic E-state index is -1.61. The number of nitrogens with zero attached hydrogens (tertiary/aromatic N) is 7. The molecule has 0 radical (unpaired) electrons. The van der Waals surface area contributed by atoms with Gasteiger partial charge in [-0.15, -0.1) is 0 Å². The van der Waals surface area contributed by atoms with Gasteiger partial charge in [0.2, 0.25) is 35.4 Å². The molecular weight excluding hydrogens is 1360 g/mol. The zero-order chi connectivity index (χ0) is 75.1. The highest BCUT2D eigenvalue weighted by Crippen LogP contribution is 2.29. The predicted octanol–water partition coefficient (Wildman–Crippen LogP) is -2.03. The van der Waals surface area contributed by atoms with Crippen LogP contribution in [0, 0.1) is 11.8 Å². The average molecular weight is 1450 g/mol. The van der Waals surface area contributed by atoms with Crippen LogP contribution in [0.2, 0.25) is 0 Å².